The summed E-state index contributed by atoms with van der Waals surface area (Å²) < 4.78 is 6.25. The van der Waals surface area contributed by atoms with Crippen molar-refractivity contribution in [3.05, 3.63) is 0 Å². The topological polar surface area (TPSA) is 27.7 Å². The van der Waals surface area contributed by atoms with Crippen LogP contribution in [0.3, 0.4) is 0 Å². The minimum Gasteiger partial charge on any atom is -0.375 e. The molecule has 3 unspecified atom stereocenters. The van der Waals surface area contributed by atoms with Crippen LogP contribution in [0.4, 0.5) is 0 Å². The molecule has 3 atom stereocenters. The second-order valence-electron chi connectivity index (χ2n) is 7.71. The summed E-state index contributed by atoms with van der Waals surface area (Å²) >= 11 is 0. The first-order valence-electron chi connectivity index (χ1n) is 9.07. The van der Waals surface area contributed by atoms with Crippen molar-refractivity contribution in [2.45, 2.75) is 56.2 Å². The fraction of sp³-hybridized carbons (Fsp3) is 1.00. The molecular weight excluding hydrogens is 262 g/mol. The molecule has 21 heavy (non-hydrogen) atoms. The average molecular weight is 293 g/mol. The Hall–Kier alpha value is -0.160. The molecule has 5 fully saturated rings. The average Bonchev–Trinajstić information content (AvgIpc) is 2.97. The standard InChI is InChI=1S/C17H31N3O/c1-18-16(15-13-19-7-9-20(15)10-8-19)14-4-11-21-17(12-14)5-2-3-6-17/h14-16,18H,2-13H2,1H3. The fourth-order valence-corrected chi connectivity index (χ4v) is 5.48. The Bertz CT molecular complexity index is 361. The molecule has 5 aliphatic rings. The van der Waals surface area contributed by atoms with Gasteiger partial charge in [0.2, 0.25) is 0 Å². The van der Waals surface area contributed by atoms with Gasteiger partial charge in [0.05, 0.1) is 5.60 Å². The zero-order chi connectivity index (χ0) is 14.3. The van der Waals surface area contributed by atoms with Gasteiger partial charge < -0.3 is 10.1 Å². The molecule has 0 aromatic heterocycles. The van der Waals surface area contributed by atoms with Crippen molar-refractivity contribution in [2.75, 3.05) is 46.4 Å². The monoisotopic (exact) mass is 293 g/mol. The third kappa shape index (κ3) is 2.65. The molecule has 0 aromatic carbocycles. The van der Waals surface area contributed by atoms with E-state index in [1.807, 2.05) is 0 Å². The van der Waals surface area contributed by atoms with E-state index in [0.717, 1.165) is 18.6 Å². The van der Waals surface area contributed by atoms with Crippen LogP contribution in [-0.4, -0.2) is 73.9 Å². The smallest absolute Gasteiger partial charge is 0.0685 e. The largest absolute Gasteiger partial charge is 0.375 e. The molecule has 1 aliphatic carbocycles. The van der Waals surface area contributed by atoms with E-state index < -0.39 is 0 Å². The van der Waals surface area contributed by atoms with Gasteiger partial charge in [0.1, 0.15) is 0 Å². The SMILES string of the molecule is CNC(C1CCOC2(CCCC2)C1)C1CN2CCN1CC2. The van der Waals surface area contributed by atoms with E-state index in [1.165, 1.54) is 71.2 Å². The highest BCUT2D eigenvalue weighted by atomic mass is 16.5. The minimum absolute atomic E-state index is 0.251. The molecule has 0 amide bonds. The lowest BCUT2D eigenvalue weighted by atomic mass is 9.77. The Morgan fingerprint density at radius 3 is 2.52 bits per heavy atom. The Labute approximate surface area is 129 Å². The predicted octanol–water partition coefficient (Wildman–Crippen LogP) is 1.31. The molecule has 4 nitrogen and oxygen atoms in total. The second kappa shape index (κ2) is 5.80. The summed E-state index contributed by atoms with van der Waals surface area (Å²) in [6, 6.07) is 1.37. The molecule has 1 saturated carbocycles. The lowest BCUT2D eigenvalue weighted by Crippen LogP contribution is -2.67. The Morgan fingerprint density at radius 1 is 1.14 bits per heavy atom. The van der Waals surface area contributed by atoms with Crippen LogP contribution in [-0.2, 0) is 4.74 Å². The van der Waals surface area contributed by atoms with Gasteiger partial charge in [-0.15, -0.1) is 0 Å². The maximum absolute atomic E-state index is 6.25. The molecule has 2 bridgehead atoms. The third-order valence-corrected chi connectivity index (χ3v) is 6.62. The molecule has 4 saturated heterocycles. The Morgan fingerprint density at radius 2 is 1.90 bits per heavy atom. The van der Waals surface area contributed by atoms with E-state index in [9.17, 15) is 0 Å². The molecule has 120 valence electrons. The van der Waals surface area contributed by atoms with Gasteiger partial charge in [-0.25, -0.2) is 0 Å². The van der Waals surface area contributed by atoms with Crippen molar-refractivity contribution < 1.29 is 4.74 Å². The van der Waals surface area contributed by atoms with Crippen LogP contribution in [0.15, 0.2) is 0 Å². The highest BCUT2D eigenvalue weighted by Crippen LogP contribution is 2.43. The van der Waals surface area contributed by atoms with Crippen molar-refractivity contribution in [3.63, 3.8) is 0 Å². The van der Waals surface area contributed by atoms with Crippen LogP contribution in [0.5, 0.6) is 0 Å². The number of ether oxygens (including phenoxy) is 1. The lowest BCUT2D eigenvalue weighted by molar-refractivity contribution is -0.107. The van der Waals surface area contributed by atoms with Crippen molar-refractivity contribution in [2.24, 2.45) is 5.92 Å². The van der Waals surface area contributed by atoms with Gasteiger partial charge in [0.15, 0.2) is 0 Å². The number of hydrogen-bond donors (Lipinski definition) is 1. The van der Waals surface area contributed by atoms with E-state index in [2.05, 4.69) is 22.2 Å². The van der Waals surface area contributed by atoms with Crippen LogP contribution in [0, 0.1) is 5.92 Å². The van der Waals surface area contributed by atoms with Gasteiger partial charge in [-0.3, -0.25) is 9.80 Å². The van der Waals surface area contributed by atoms with E-state index in [0.29, 0.717) is 6.04 Å². The summed E-state index contributed by atoms with van der Waals surface area (Å²) in [5.74, 6) is 0.799. The summed E-state index contributed by atoms with van der Waals surface area (Å²) in [4.78, 5) is 5.41. The van der Waals surface area contributed by atoms with Crippen LogP contribution < -0.4 is 5.32 Å². The zero-order valence-corrected chi connectivity index (χ0v) is 13.5. The molecule has 0 radical (unpaired) electrons. The van der Waals surface area contributed by atoms with Gasteiger partial charge in [-0.2, -0.15) is 0 Å². The van der Waals surface area contributed by atoms with Crippen LogP contribution >= 0.6 is 0 Å². The van der Waals surface area contributed by atoms with Gasteiger partial charge in [-0.1, -0.05) is 12.8 Å². The summed E-state index contributed by atoms with van der Waals surface area (Å²) in [5, 5.41) is 3.71. The van der Waals surface area contributed by atoms with E-state index in [1.54, 1.807) is 0 Å². The zero-order valence-electron chi connectivity index (χ0n) is 13.5. The molecule has 4 heterocycles. The highest BCUT2D eigenvalue weighted by molar-refractivity contribution is 5.01. The number of rotatable bonds is 3. The quantitative estimate of drug-likeness (QED) is 0.849. The maximum atomic E-state index is 6.25. The predicted molar refractivity (Wildman–Crippen MR) is 84.5 cm³/mol. The van der Waals surface area contributed by atoms with E-state index >= 15 is 0 Å². The van der Waals surface area contributed by atoms with E-state index in [4.69, 9.17) is 4.74 Å². The van der Waals surface area contributed by atoms with E-state index in [-0.39, 0.29) is 5.60 Å². The molecule has 4 aliphatic heterocycles. The van der Waals surface area contributed by atoms with Gasteiger partial charge in [-0.05, 0) is 38.6 Å². The Balaban J connectivity index is 1.47. The summed E-state index contributed by atoms with van der Waals surface area (Å²) in [6.45, 7) is 7.37. The maximum Gasteiger partial charge on any atom is 0.0685 e. The summed E-state index contributed by atoms with van der Waals surface area (Å²) in [5.41, 5.74) is 0.251. The van der Waals surface area contributed by atoms with Gasteiger partial charge in [0, 0.05) is 51.4 Å². The number of fused-ring (bicyclic) bond motifs is 3. The van der Waals surface area contributed by atoms with Gasteiger partial charge in [0.25, 0.3) is 0 Å². The first kappa shape index (κ1) is 14.4. The van der Waals surface area contributed by atoms with Crippen molar-refractivity contribution in [1.29, 1.82) is 0 Å². The van der Waals surface area contributed by atoms with Crippen LogP contribution in [0.25, 0.3) is 0 Å². The molecule has 5 rings (SSSR count). The second-order valence-corrected chi connectivity index (χ2v) is 7.71. The number of nitrogens with one attached hydrogen (secondary N) is 1. The summed E-state index contributed by atoms with van der Waals surface area (Å²) in [6.07, 6.45) is 7.90. The number of likely N-dealkylation sites (N-methyl/N-ethyl adjacent to an activating group) is 1. The molecule has 4 heteroatoms. The van der Waals surface area contributed by atoms with Crippen molar-refractivity contribution in [3.8, 4) is 0 Å². The lowest BCUT2D eigenvalue weighted by Gasteiger charge is -2.53. The van der Waals surface area contributed by atoms with Crippen LogP contribution in [0.2, 0.25) is 0 Å². The number of hydrogen-bond acceptors (Lipinski definition) is 4. The minimum atomic E-state index is 0.251. The number of nitrogens with zero attached hydrogens (tertiary/aromatic N) is 2. The van der Waals surface area contributed by atoms with Crippen LogP contribution in [0.1, 0.15) is 38.5 Å². The van der Waals surface area contributed by atoms with Gasteiger partial charge >= 0.3 is 0 Å². The van der Waals surface area contributed by atoms with Crippen molar-refractivity contribution >= 4 is 0 Å². The highest BCUT2D eigenvalue weighted by Gasteiger charge is 2.45. The van der Waals surface area contributed by atoms with Crippen molar-refractivity contribution in [1.82, 2.24) is 15.1 Å². The first-order valence-corrected chi connectivity index (χ1v) is 9.07. The summed E-state index contributed by atoms with van der Waals surface area (Å²) in [7, 11) is 2.18. The molecule has 1 spiro atoms. The Kier molecular flexibility index (Phi) is 3.99. The third-order valence-electron chi connectivity index (χ3n) is 6.62. The first-order chi connectivity index (χ1) is 10.3. The normalized spacial score (nSPS) is 43.3. The number of piperazine rings is 3. The molecule has 0 aromatic rings. The molecular formula is C17H31N3O. The fourth-order valence-electron chi connectivity index (χ4n) is 5.48. The molecule has 1 N–H and O–H groups in total.